The quantitative estimate of drug-likeness (QED) is 0.852. The van der Waals surface area contributed by atoms with Crippen LogP contribution in [0, 0.1) is 5.82 Å². The number of pyridine rings is 1. The molecular formula is C11H11ClFN3O. The summed E-state index contributed by atoms with van der Waals surface area (Å²) in [5.74, 6) is 0.613. The van der Waals surface area contributed by atoms with Gasteiger partial charge in [0.15, 0.2) is 11.5 Å². The number of aromatic amines is 1. The second-order valence-corrected chi connectivity index (χ2v) is 4.51. The van der Waals surface area contributed by atoms with E-state index >= 15 is 0 Å². The number of hydrogen-bond acceptors (Lipinski definition) is 3. The summed E-state index contributed by atoms with van der Waals surface area (Å²) in [6, 6.07) is 0. The largest absolute Gasteiger partial charge is 0.381 e. The van der Waals surface area contributed by atoms with Gasteiger partial charge in [-0.2, -0.15) is 0 Å². The van der Waals surface area contributed by atoms with E-state index in [9.17, 15) is 4.39 Å². The highest BCUT2D eigenvalue weighted by atomic mass is 35.5. The molecule has 0 amide bonds. The lowest BCUT2D eigenvalue weighted by atomic mass is 10.00. The Morgan fingerprint density at radius 3 is 2.94 bits per heavy atom. The maximum atomic E-state index is 13.2. The lowest BCUT2D eigenvalue weighted by Crippen LogP contribution is -2.15. The number of halogens is 2. The minimum Gasteiger partial charge on any atom is -0.381 e. The van der Waals surface area contributed by atoms with Crippen molar-refractivity contribution in [3.63, 3.8) is 0 Å². The molecule has 3 rings (SSSR count). The highest BCUT2D eigenvalue weighted by Gasteiger charge is 2.20. The van der Waals surface area contributed by atoms with Gasteiger partial charge in [-0.25, -0.2) is 14.4 Å². The maximum Gasteiger partial charge on any atom is 0.179 e. The summed E-state index contributed by atoms with van der Waals surface area (Å²) in [6.45, 7) is 1.47. The van der Waals surface area contributed by atoms with Crippen LogP contribution in [0.25, 0.3) is 11.2 Å². The predicted molar refractivity (Wildman–Crippen MR) is 61.7 cm³/mol. The van der Waals surface area contributed by atoms with E-state index in [2.05, 4.69) is 15.0 Å². The van der Waals surface area contributed by atoms with E-state index in [1.54, 1.807) is 0 Å². The van der Waals surface area contributed by atoms with Crippen LogP contribution in [0.1, 0.15) is 24.6 Å². The number of aromatic nitrogens is 3. The van der Waals surface area contributed by atoms with Crippen molar-refractivity contribution in [2.24, 2.45) is 0 Å². The van der Waals surface area contributed by atoms with Gasteiger partial charge in [0.05, 0.1) is 6.20 Å². The Balaban J connectivity index is 2.04. The molecule has 0 aromatic carbocycles. The average molecular weight is 256 g/mol. The zero-order valence-corrected chi connectivity index (χ0v) is 9.80. The third-order valence-electron chi connectivity index (χ3n) is 3.04. The second-order valence-electron chi connectivity index (χ2n) is 4.13. The van der Waals surface area contributed by atoms with Gasteiger partial charge in [-0.3, -0.25) is 0 Å². The number of rotatable bonds is 1. The van der Waals surface area contributed by atoms with Gasteiger partial charge in [0.1, 0.15) is 16.4 Å². The molecule has 0 saturated carbocycles. The Morgan fingerprint density at radius 2 is 2.18 bits per heavy atom. The summed E-state index contributed by atoms with van der Waals surface area (Å²) < 4.78 is 18.5. The van der Waals surface area contributed by atoms with Crippen molar-refractivity contribution in [3.05, 3.63) is 22.9 Å². The summed E-state index contributed by atoms with van der Waals surface area (Å²) in [6.07, 6.45) is 2.93. The molecule has 17 heavy (non-hydrogen) atoms. The first-order chi connectivity index (χ1) is 8.25. The fraction of sp³-hybridized carbons (Fsp3) is 0.455. The van der Waals surface area contributed by atoms with Gasteiger partial charge < -0.3 is 9.72 Å². The van der Waals surface area contributed by atoms with Crippen LogP contribution in [-0.4, -0.2) is 28.2 Å². The maximum absolute atomic E-state index is 13.2. The molecule has 1 N–H and O–H groups in total. The minimum atomic E-state index is -0.527. The molecule has 3 heterocycles. The van der Waals surface area contributed by atoms with E-state index in [0.29, 0.717) is 17.1 Å². The molecule has 4 nitrogen and oxygen atoms in total. The number of hydrogen-bond donors (Lipinski definition) is 1. The molecule has 90 valence electrons. The molecule has 0 atom stereocenters. The third-order valence-corrected chi connectivity index (χ3v) is 3.41. The normalized spacial score (nSPS) is 17.8. The van der Waals surface area contributed by atoms with E-state index in [1.807, 2.05) is 0 Å². The molecule has 0 radical (unpaired) electrons. The van der Waals surface area contributed by atoms with Crippen molar-refractivity contribution in [1.29, 1.82) is 0 Å². The molecule has 1 saturated heterocycles. The molecule has 2 aromatic heterocycles. The van der Waals surface area contributed by atoms with E-state index in [1.165, 1.54) is 0 Å². The van der Waals surface area contributed by atoms with Gasteiger partial charge in [0.2, 0.25) is 0 Å². The van der Waals surface area contributed by atoms with E-state index < -0.39 is 5.82 Å². The molecule has 0 bridgehead atoms. The lowest BCUT2D eigenvalue weighted by Gasteiger charge is -2.19. The smallest absolute Gasteiger partial charge is 0.179 e. The molecular weight excluding hydrogens is 245 g/mol. The number of fused-ring (bicyclic) bond motifs is 1. The molecule has 0 spiro atoms. The highest BCUT2D eigenvalue weighted by Crippen LogP contribution is 2.29. The van der Waals surface area contributed by atoms with Gasteiger partial charge in [0, 0.05) is 19.1 Å². The molecule has 0 unspecified atom stereocenters. The number of nitrogens with one attached hydrogen (secondary N) is 1. The Hall–Kier alpha value is -1.20. The van der Waals surface area contributed by atoms with Crippen molar-refractivity contribution in [2.75, 3.05) is 13.2 Å². The SMILES string of the molecule is Fc1cnc2nc(C3CCOCC3)[nH]c2c1Cl. The van der Waals surface area contributed by atoms with Crippen LogP contribution in [0.15, 0.2) is 6.20 Å². The monoisotopic (exact) mass is 255 g/mol. The first kappa shape index (κ1) is 10.9. The number of imidazole rings is 1. The van der Waals surface area contributed by atoms with Crippen molar-refractivity contribution in [1.82, 2.24) is 15.0 Å². The Morgan fingerprint density at radius 1 is 1.41 bits per heavy atom. The number of ether oxygens (including phenoxy) is 1. The van der Waals surface area contributed by atoms with Crippen LogP contribution in [0.4, 0.5) is 4.39 Å². The average Bonchev–Trinajstić information content (AvgIpc) is 2.80. The van der Waals surface area contributed by atoms with Gasteiger partial charge in [-0.05, 0) is 12.8 Å². The Kier molecular flexibility index (Phi) is 2.72. The van der Waals surface area contributed by atoms with Gasteiger partial charge >= 0.3 is 0 Å². The molecule has 6 heteroatoms. The van der Waals surface area contributed by atoms with E-state index in [0.717, 1.165) is 38.1 Å². The Labute approximate surface area is 102 Å². The number of nitrogens with zero attached hydrogens (tertiary/aromatic N) is 2. The molecule has 1 aliphatic rings. The predicted octanol–water partition coefficient (Wildman–Crippen LogP) is 2.64. The van der Waals surface area contributed by atoms with Crippen molar-refractivity contribution in [2.45, 2.75) is 18.8 Å². The summed E-state index contributed by atoms with van der Waals surface area (Å²) in [4.78, 5) is 11.4. The first-order valence-corrected chi connectivity index (χ1v) is 5.91. The standard InChI is InChI=1S/C11H11ClFN3O/c12-8-7(13)5-14-11-9(8)15-10(16-11)6-1-3-17-4-2-6/h5-6H,1-4H2,(H,14,15,16). The highest BCUT2D eigenvalue weighted by molar-refractivity contribution is 6.34. The van der Waals surface area contributed by atoms with Crippen LogP contribution in [0.3, 0.4) is 0 Å². The zero-order valence-electron chi connectivity index (χ0n) is 9.04. The van der Waals surface area contributed by atoms with Crippen LogP contribution < -0.4 is 0 Å². The van der Waals surface area contributed by atoms with E-state index in [4.69, 9.17) is 16.3 Å². The first-order valence-electron chi connectivity index (χ1n) is 5.53. The summed E-state index contributed by atoms with van der Waals surface area (Å²) in [5.41, 5.74) is 0.950. The Bertz CT molecular complexity index is 551. The third kappa shape index (κ3) is 1.89. The number of H-pyrrole nitrogens is 1. The summed E-state index contributed by atoms with van der Waals surface area (Å²) in [7, 11) is 0. The van der Waals surface area contributed by atoms with Gasteiger partial charge in [-0.15, -0.1) is 0 Å². The van der Waals surface area contributed by atoms with E-state index in [-0.39, 0.29) is 5.02 Å². The van der Waals surface area contributed by atoms with Crippen molar-refractivity contribution < 1.29 is 9.13 Å². The van der Waals surface area contributed by atoms with Crippen LogP contribution in [0.5, 0.6) is 0 Å². The molecule has 1 fully saturated rings. The molecule has 2 aromatic rings. The van der Waals surface area contributed by atoms with Crippen LogP contribution in [-0.2, 0) is 4.74 Å². The fourth-order valence-corrected chi connectivity index (χ4v) is 2.27. The lowest BCUT2D eigenvalue weighted by molar-refractivity contribution is 0.0838. The molecule has 0 aliphatic carbocycles. The fourth-order valence-electron chi connectivity index (χ4n) is 2.09. The van der Waals surface area contributed by atoms with Crippen molar-refractivity contribution in [3.8, 4) is 0 Å². The minimum absolute atomic E-state index is 0.0563. The van der Waals surface area contributed by atoms with Crippen LogP contribution in [0.2, 0.25) is 5.02 Å². The summed E-state index contributed by atoms with van der Waals surface area (Å²) in [5, 5.41) is 0.0563. The van der Waals surface area contributed by atoms with Crippen molar-refractivity contribution >= 4 is 22.8 Å². The zero-order chi connectivity index (χ0) is 11.8. The molecule has 1 aliphatic heterocycles. The van der Waals surface area contributed by atoms with Gasteiger partial charge in [0.25, 0.3) is 0 Å². The van der Waals surface area contributed by atoms with Gasteiger partial charge in [-0.1, -0.05) is 11.6 Å². The summed E-state index contributed by atoms with van der Waals surface area (Å²) >= 11 is 5.87. The van der Waals surface area contributed by atoms with Crippen LogP contribution >= 0.6 is 11.6 Å². The second kappa shape index (κ2) is 4.23. The topological polar surface area (TPSA) is 50.8 Å².